The fourth-order valence-electron chi connectivity index (χ4n) is 1.70. The summed E-state index contributed by atoms with van der Waals surface area (Å²) in [6.07, 6.45) is 0. The monoisotopic (exact) mass is 359 g/mol. The van der Waals surface area contributed by atoms with E-state index in [-0.39, 0.29) is 10.9 Å². The maximum absolute atomic E-state index is 12.3. The lowest BCUT2D eigenvalue weighted by atomic mass is 10.3. The van der Waals surface area contributed by atoms with Gasteiger partial charge in [-0.05, 0) is 54.0 Å². The molecule has 1 aromatic heterocycles. The van der Waals surface area contributed by atoms with Crippen molar-refractivity contribution in [3.05, 3.63) is 50.6 Å². The molecule has 102 valence electrons. The second kappa shape index (κ2) is 5.75. The van der Waals surface area contributed by atoms with Crippen LogP contribution in [0, 0.1) is 6.92 Å². The summed E-state index contributed by atoms with van der Waals surface area (Å²) in [6, 6.07) is 10.5. The lowest BCUT2D eigenvalue weighted by Crippen LogP contribution is -2.26. The zero-order chi connectivity index (χ0) is 14.0. The van der Waals surface area contributed by atoms with Gasteiger partial charge in [-0.1, -0.05) is 12.1 Å². The van der Waals surface area contributed by atoms with E-state index in [2.05, 4.69) is 20.7 Å². The van der Waals surface area contributed by atoms with Crippen LogP contribution in [0.4, 0.5) is 0 Å². The van der Waals surface area contributed by atoms with E-state index in [9.17, 15) is 8.42 Å². The van der Waals surface area contributed by atoms with E-state index < -0.39 is 10.0 Å². The van der Waals surface area contributed by atoms with Gasteiger partial charge >= 0.3 is 0 Å². The third-order valence-electron chi connectivity index (χ3n) is 2.65. The van der Waals surface area contributed by atoms with Crippen LogP contribution in [0.1, 0.15) is 22.7 Å². The van der Waals surface area contributed by atoms with E-state index in [4.69, 9.17) is 0 Å². The van der Waals surface area contributed by atoms with Crippen molar-refractivity contribution in [3.63, 3.8) is 0 Å². The van der Waals surface area contributed by atoms with Crippen molar-refractivity contribution in [2.75, 3.05) is 0 Å². The van der Waals surface area contributed by atoms with Gasteiger partial charge < -0.3 is 0 Å². The molecule has 1 atom stereocenters. The average Bonchev–Trinajstić information content (AvgIpc) is 2.76. The van der Waals surface area contributed by atoms with Crippen LogP contribution in [0.2, 0.25) is 0 Å². The minimum Gasteiger partial charge on any atom is -0.207 e. The van der Waals surface area contributed by atoms with Crippen molar-refractivity contribution < 1.29 is 8.42 Å². The summed E-state index contributed by atoms with van der Waals surface area (Å²) in [6.45, 7) is 3.85. The van der Waals surface area contributed by atoms with Crippen molar-refractivity contribution in [2.45, 2.75) is 24.8 Å². The predicted molar refractivity (Wildman–Crippen MR) is 81.9 cm³/mol. The van der Waals surface area contributed by atoms with Gasteiger partial charge in [0.2, 0.25) is 10.0 Å². The molecule has 2 rings (SSSR count). The van der Waals surface area contributed by atoms with Gasteiger partial charge in [-0.25, -0.2) is 13.1 Å². The Balaban J connectivity index is 2.25. The Morgan fingerprint density at radius 2 is 1.89 bits per heavy atom. The maximum atomic E-state index is 12.3. The summed E-state index contributed by atoms with van der Waals surface area (Å²) in [7, 11) is -3.52. The number of thiophene rings is 1. The highest BCUT2D eigenvalue weighted by molar-refractivity contribution is 9.10. The molecule has 1 heterocycles. The average molecular weight is 360 g/mol. The Bertz CT molecular complexity index is 679. The Morgan fingerprint density at radius 1 is 1.21 bits per heavy atom. The molecule has 0 fully saturated rings. The fourth-order valence-corrected chi connectivity index (χ4v) is 4.88. The summed E-state index contributed by atoms with van der Waals surface area (Å²) in [5.74, 6) is 0. The fraction of sp³-hybridized carbons (Fsp3) is 0.231. The highest BCUT2D eigenvalue weighted by Crippen LogP contribution is 2.26. The lowest BCUT2D eigenvalue weighted by Gasteiger charge is -2.13. The van der Waals surface area contributed by atoms with Crippen molar-refractivity contribution >= 4 is 37.3 Å². The summed E-state index contributed by atoms with van der Waals surface area (Å²) in [4.78, 5) is 2.44. The van der Waals surface area contributed by atoms with E-state index in [0.717, 1.165) is 4.88 Å². The zero-order valence-corrected chi connectivity index (χ0v) is 13.8. The molecule has 1 N–H and O–H groups in total. The Kier molecular flexibility index (Phi) is 4.45. The molecule has 19 heavy (non-hydrogen) atoms. The van der Waals surface area contributed by atoms with Crippen molar-refractivity contribution in [3.8, 4) is 0 Å². The maximum Gasteiger partial charge on any atom is 0.242 e. The first kappa shape index (κ1) is 14.7. The summed E-state index contributed by atoms with van der Waals surface area (Å²) in [5, 5.41) is 0. The molecule has 0 spiro atoms. The van der Waals surface area contributed by atoms with Crippen LogP contribution in [-0.4, -0.2) is 8.42 Å². The number of nitrogens with one attached hydrogen (secondary N) is 1. The van der Waals surface area contributed by atoms with Crippen molar-refractivity contribution in [1.29, 1.82) is 0 Å². The number of halogens is 1. The zero-order valence-electron chi connectivity index (χ0n) is 10.6. The number of rotatable bonds is 4. The first-order chi connectivity index (χ1) is 8.90. The highest BCUT2D eigenvalue weighted by Gasteiger charge is 2.21. The molecular weight excluding hydrogens is 346 g/mol. The molecular formula is C13H14BrNO2S2. The van der Waals surface area contributed by atoms with Crippen molar-refractivity contribution in [2.24, 2.45) is 0 Å². The molecule has 0 saturated carbocycles. The molecule has 0 radical (unpaired) electrons. The SMILES string of the molecule is Cc1ccc(C(C)NS(=O)(=O)c2ccccc2Br)s1. The second-order valence-electron chi connectivity index (χ2n) is 4.22. The Morgan fingerprint density at radius 3 is 2.47 bits per heavy atom. The van der Waals surface area contributed by atoms with Gasteiger partial charge in [-0.3, -0.25) is 0 Å². The van der Waals surface area contributed by atoms with Crippen LogP contribution in [-0.2, 0) is 10.0 Å². The van der Waals surface area contributed by atoms with Gasteiger partial charge in [0.15, 0.2) is 0 Å². The molecule has 2 aromatic rings. The molecule has 0 aliphatic rings. The molecule has 0 aliphatic heterocycles. The van der Waals surface area contributed by atoms with Crippen LogP contribution in [0.3, 0.4) is 0 Å². The first-order valence-corrected chi connectivity index (χ1v) is 8.82. The number of hydrogen-bond acceptors (Lipinski definition) is 3. The first-order valence-electron chi connectivity index (χ1n) is 5.73. The van der Waals surface area contributed by atoms with Crippen LogP contribution in [0.5, 0.6) is 0 Å². The molecule has 1 aromatic carbocycles. The Hall–Kier alpha value is -0.690. The predicted octanol–water partition coefficient (Wildman–Crippen LogP) is 3.86. The smallest absolute Gasteiger partial charge is 0.207 e. The van der Waals surface area contributed by atoms with Crippen LogP contribution >= 0.6 is 27.3 Å². The molecule has 3 nitrogen and oxygen atoms in total. The quantitative estimate of drug-likeness (QED) is 0.900. The summed E-state index contributed by atoms with van der Waals surface area (Å²) < 4.78 is 27.9. The van der Waals surface area contributed by atoms with E-state index in [1.807, 2.05) is 26.0 Å². The van der Waals surface area contributed by atoms with Gasteiger partial charge in [-0.2, -0.15) is 0 Å². The van der Waals surface area contributed by atoms with Gasteiger partial charge in [-0.15, -0.1) is 11.3 Å². The number of sulfonamides is 1. The minimum absolute atomic E-state index is 0.240. The lowest BCUT2D eigenvalue weighted by molar-refractivity contribution is 0.568. The largest absolute Gasteiger partial charge is 0.242 e. The molecule has 0 saturated heterocycles. The number of aryl methyl sites for hydroxylation is 1. The molecule has 0 aliphatic carbocycles. The second-order valence-corrected chi connectivity index (χ2v) is 8.08. The van der Waals surface area contributed by atoms with E-state index in [1.54, 1.807) is 35.6 Å². The van der Waals surface area contributed by atoms with Crippen LogP contribution < -0.4 is 4.72 Å². The summed E-state index contributed by atoms with van der Waals surface area (Å²) in [5.41, 5.74) is 0. The molecule has 0 amide bonds. The number of benzene rings is 1. The standard InChI is InChI=1S/C13H14BrNO2S2/c1-9-7-8-12(18-9)10(2)15-19(16,17)13-6-4-3-5-11(13)14/h3-8,10,15H,1-2H3. The van der Waals surface area contributed by atoms with E-state index in [0.29, 0.717) is 4.47 Å². The van der Waals surface area contributed by atoms with Gasteiger partial charge in [0.05, 0.1) is 10.9 Å². The van der Waals surface area contributed by atoms with Gasteiger partial charge in [0, 0.05) is 14.2 Å². The van der Waals surface area contributed by atoms with Crippen molar-refractivity contribution in [1.82, 2.24) is 4.72 Å². The third-order valence-corrected chi connectivity index (χ3v) is 6.38. The topological polar surface area (TPSA) is 46.2 Å². The van der Waals surface area contributed by atoms with E-state index in [1.165, 1.54) is 4.88 Å². The molecule has 6 heteroatoms. The van der Waals surface area contributed by atoms with E-state index >= 15 is 0 Å². The van der Waals surface area contributed by atoms with Crippen LogP contribution in [0.25, 0.3) is 0 Å². The third kappa shape index (κ3) is 3.45. The molecule has 0 bridgehead atoms. The Labute approximate surface area is 125 Å². The normalized spacial score (nSPS) is 13.4. The molecule has 1 unspecified atom stereocenters. The summed E-state index contributed by atoms with van der Waals surface area (Å²) >= 11 is 4.86. The minimum atomic E-state index is -3.52. The van der Waals surface area contributed by atoms with Gasteiger partial charge in [0.1, 0.15) is 0 Å². The van der Waals surface area contributed by atoms with Crippen LogP contribution in [0.15, 0.2) is 45.8 Å². The number of hydrogen-bond donors (Lipinski definition) is 1. The van der Waals surface area contributed by atoms with Gasteiger partial charge in [0.25, 0.3) is 0 Å². The highest BCUT2D eigenvalue weighted by atomic mass is 79.9.